The molecule has 10 heteroatoms. The van der Waals surface area contributed by atoms with Gasteiger partial charge in [0.2, 0.25) is 5.91 Å². The van der Waals surface area contributed by atoms with Gasteiger partial charge in [0.05, 0.1) is 19.9 Å². The van der Waals surface area contributed by atoms with Crippen molar-refractivity contribution in [3.63, 3.8) is 0 Å². The van der Waals surface area contributed by atoms with Crippen LogP contribution in [0.5, 0.6) is 17.2 Å². The Morgan fingerprint density at radius 2 is 1.70 bits per heavy atom. The van der Waals surface area contributed by atoms with E-state index in [4.69, 9.17) is 14.2 Å². The van der Waals surface area contributed by atoms with E-state index in [1.165, 1.54) is 20.3 Å². The van der Waals surface area contributed by atoms with E-state index in [-0.39, 0.29) is 5.70 Å². The Morgan fingerprint density at radius 1 is 0.973 bits per heavy atom. The van der Waals surface area contributed by atoms with Gasteiger partial charge in [-0.2, -0.15) is 0 Å². The maximum atomic E-state index is 12.8. The summed E-state index contributed by atoms with van der Waals surface area (Å²) in [5.74, 6) is 0.310. The molecular formula is C27H24BrN3O6. The molecule has 0 spiro atoms. The summed E-state index contributed by atoms with van der Waals surface area (Å²) in [4.78, 5) is 38.6. The van der Waals surface area contributed by atoms with E-state index in [1.807, 2.05) is 24.3 Å². The predicted molar refractivity (Wildman–Crippen MR) is 141 cm³/mol. The van der Waals surface area contributed by atoms with Crippen molar-refractivity contribution in [3.05, 3.63) is 88.0 Å². The number of halogens is 1. The fraction of sp³-hybridized carbons (Fsp3) is 0.148. The summed E-state index contributed by atoms with van der Waals surface area (Å²) in [5, 5.41) is 5.17. The van der Waals surface area contributed by atoms with Gasteiger partial charge >= 0.3 is 6.03 Å². The Labute approximate surface area is 222 Å². The number of amides is 4. The second-order valence-electron chi connectivity index (χ2n) is 7.95. The van der Waals surface area contributed by atoms with E-state index in [1.54, 1.807) is 42.5 Å². The van der Waals surface area contributed by atoms with Crippen molar-refractivity contribution in [3.8, 4) is 17.2 Å². The van der Waals surface area contributed by atoms with Gasteiger partial charge in [0, 0.05) is 4.47 Å². The summed E-state index contributed by atoms with van der Waals surface area (Å²) in [6.45, 7) is -0.100. The van der Waals surface area contributed by atoms with E-state index < -0.39 is 24.4 Å². The topological polar surface area (TPSA) is 106 Å². The first-order chi connectivity index (χ1) is 17.9. The van der Waals surface area contributed by atoms with Crippen LogP contribution in [0.3, 0.4) is 0 Å². The molecule has 0 aliphatic carbocycles. The first-order valence-electron chi connectivity index (χ1n) is 11.2. The van der Waals surface area contributed by atoms with Gasteiger partial charge in [0.1, 0.15) is 24.6 Å². The second-order valence-corrected chi connectivity index (χ2v) is 8.87. The molecule has 1 heterocycles. The number of rotatable bonds is 9. The van der Waals surface area contributed by atoms with E-state index in [0.29, 0.717) is 35.1 Å². The highest BCUT2D eigenvalue weighted by atomic mass is 79.9. The molecule has 0 aromatic heterocycles. The molecule has 0 unspecified atom stereocenters. The quantitative estimate of drug-likeness (QED) is 0.290. The smallest absolute Gasteiger partial charge is 0.329 e. The van der Waals surface area contributed by atoms with Crippen molar-refractivity contribution in [2.24, 2.45) is 0 Å². The number of imide groups is 1. The number of urea groups is 1. The number of para-hydroxylation sites is 2. The Balaban J connectivity index is 1.43. The van der Waals surface area contributed by atoms with Crippen LogP contribution in [0.4, 0.5) is 10.5 Å². The lowest BCUT2D eigenvalue weighted by Crippen LogP contribution is -2.38. The molecule has 4 amide bonds. The molecule has 1 fully saturated rings. The fourth-order valence-corrected chi connectivity index (χ4v) is 3.86. The van der Waals surface area contributed by atoms with Crippen LogP contribution in [0.15, 0.2) is 76.9 Å². The molecular weight excluding hydrogens is 542 g/mol. The van der Waals surface area contributed by atoms with Crippen LogP contribution in [0, 0.1) is 0 Å². The minimum Gasteiger partial charge on any atom is -0.495 e. The van der Waals surface area contributed by atoms with Crippen molar-refractivity contribution >= 4 is 45.5 Å². The summed E-state index contributed by atoms with van der Waals surface area (Å²) in [5.41, 5.74) is 2.08. The van der Waals surface area contributed by atoms with Gasteiger partial charge in [0.15, 0.2) is 11.5 Å². The lowest BCUT2D eigenvalue weighted by atomic mass is 10.1. The van der Waals surface area contributed by atoms with Gasteiger partial charge in [0.25, 0.3) is 5.91 Å². The number of benzene rings is 3. The largest absolute Gasteiger partial charge is 0.495 e. The summed E-state index contributed by atoms with van der Waals surface area (Å²) in [6.07, 6.45) is 1.51. The molecule has 0 saturated carbocycles. The lowest BCUT2D eigenvalue weighted by molar-refractivity contribution is -0.127. The highest BCUT2D eigenvalue weighted by Gasteiger charge is 2.35. The normalized spacial score (nSPS) is 13.9. The Bertz CT molecular complexity index is 1360. The Morgan fingerprint density at radius 3 is 2.43 bits per heavy atom. The average molecular weight is 566 g/mol. The summed E-state index contributed by atoms with van der Waals surface area (Å²) >= 11 is 3.41. The highest BCUT2D eigenvalue weighted by molar-refractivity contribution is 9.10. The number of anilines is 1. The summed E-state index contributed by atoms with van der Waals surface area (Å²) in [7, 11) is 3.00. The summed E-state index contributed by atoms with van der Waals surface area (Å²) in [6, 6.07) is 19.1. The van der Waals surface area contributed by atoms with Crippen molar-refractivity contribution in [2.75, 3.05) is 26.1 Å². The number of carbonyl (C=O) groups is 3. The molecule has 0 bridgehead atoms. The Hall–Kier alpha value is -4.31. The molecule has 1 saturated heterocycles. The first kappa shape index (κ1) is 25.8. The van der Waals surface area contributed by atoms with Gasteiger partial charge in [-0.3, -0.25) is 9.59 Å². The summed E-state index contributed by atoms with van der Waals surface area (Å²) < 4.78 is 17.5. The zero-order valence-corrected chi connectivity index (χ0v) is 21.7. The van der Waals surface area contributed by atoms with E-state index in [2.05, 4.69) is 26.6 Å². The molecule has 37 heavy (non-hydrogen) atoms. The number of hydrogen-bond donors (Lipinski definition) is 2. The second kappa shape index (κ2) is 11.6. The standard InChI is InChI=1S/C27H24BrN3O6/c1-35-22-6-4-3-5-20(22)29-25(32)15-31-26(33)21(30-27(31)34)13-18-9-12-23(24(14-18)36-2)37-16-17-7-10-19(28)11-8-17/h3-14H,15-16H2,1-2H3,(H,29,32)(H,30,34)/b21-13+. The molecule has 190 valence electrons. The van der Waals surface area contributed by atoms with Gasteiger partial charge in [-0.25, -0.2) is 9.69 Å². The maximum absolute atomic E-state index is 12.8. The SMILES string of the molecule is COc1ccccc1NC(=O)CN1C(=O)N/C(=C/c2ccc(OCc3ccc(Br)cc3)c(OC)c2)C1=O. The van der Waals surface area contributed by atoms with E-state index >= 15 is 0 Å². The highest BCUT2D eigenvalue weighted by Crippen LogP contribution is 2.30. The minimum atomic E-state index is -0.687. The van der Waals surface area contributed by atoms with Crippen LogP contribution in [0.1, 0.15) is 11.1 Å². The maximum Gasteiger partial charge on any atom is 0.329 e. The van der Waals surface area contributed by atoms with Crippen molar-refractivity contribution in [1.82, 2.24) is 10.2 Å². The monoisotopic (exact) mass is 565 g/mol. The molecule has 3 aromatic rings. The first-order valence-corrected chi connectivity index (χ1v) is 12.0. The molecule has 2 N–H and O–H groups in total. The predicted octanol–water partition coefficient (Wildman–Crippen LogP) is 4.58. The van der Waals surface area contributed by atoms with Crippen molar-refractivity contribution < 1.29 is 28.6 Å². The van der Waals surface area contributed by atoms with E-state index in [0.717, 1.165) is 14.9 Å². The number of methoxy groups -OCH3 is 2. The Kier molecular flexibility index (Phi) is 8.09. The molecule has 1 aliphatic heterocycles. The van der Waals surface area contributed by atoms with Gasteiger partial charge in [-0.1, -0.05) is 46.3 Å². The molecule has 0 atom stereocenters. The number of nitrogens with one attached hydrogen (secondary N) is 2. The number of ether oxygens (including phenoxy) is 3. The third-order valence-corrected chi connectivity index (χ3v) is 5.98. The number of hydrogen-bond acceptors (Lipinski definition) is 6. The van der Waals surface area contributed by atoms with Crippen LogP contribution >= 0.6 is 15.9 Å². The average Bonchev–Trinajstić information content (AvgIpc) is 3.16. The zero-order chi connectivity index (χ0) is 26.4. The zero-order valence-electron chi connectivity index (χ0n) is 20.1. The molecule has 0 radical (unpaired) electrons. The third kappa shape index (κ3) is 6.28. The minimum absolute atomic E-state index is 0.0423. The molecule has 4 rings (SSSR count). The molecule has 1 aliphatic rings. The van der Waals surface area contributed by atoms with Crippen LogP contribution in [0.2, 0.25) is 0 Å². The van der Waals surface area contributed by atoms with Crippen molar-refractivity contribution in [2.45, 2.75) is 6.61 Å². The van der Waals surface area contributed by atoms with Crippen LogP contribution in [-0.4, -0.2) is 43.5 Å². The molecule has 9 nitrogen and oxygen atoms in total. The number of carbonyl (C=O) groups excluding carboxylic acids is 3. The third-order valence-electron chi connectivity index (χ3n) is 5.45. The van der Waals surface area contributed by atoms with Gasteiger partial charge in [-0.05, 0) is 53.6 Å². The van der Waals surface area contributed by atoms with Gasteiger partial charge in [-0.15, -0.1) is 0 Å². The van der Waals surface area contributed by atoms with Crippen LogP contribution in [0.25, 0.3) is 6.08 Å². The lowest BCUT2D eigenvalue weighted by Gasteiger charge is -2.13. The number of nitrogens with zero attached hydrogens (tertiary/aromatic N) is 1. The van der Waals surface area contributed by atoms with Crippen LogP contribution < -0.4 is 24.8 Å². The van der Waals surface area contributed by atoms with Crippen molar-refractivity contribution in [1.29, 1.82) is 0 Å². The molecule has 3 aromatic carbocycles. The van der Waals surface area contributed by atoms with Crippen LogP contribution in [-0.2, 0) is 16.2 Å². The van der Waals surface area contributed by atoms with E-state index in [9.17, 15) is 14.4 Å². The fourth-order valence-electron chi connectivity index (χ4n) is 3.60. The van der Waals surface area contributed by atoms with Gasteiger partial charge < -0.3 is 24.8 Å².